The van der Waals surface area contributed by atoms with Crippen LogP contribution < -0.4 is 0 Å². The molecular formula is C41H72O4. The molecule has 1 atom stereocenters. The van der Waals surface area contributed by atoms with Crippen LogP contribution in [0, 0.1) is 0 Å². The minimum atomic E-state index is -0.716. The number of carbonyl (C=O) groups is 2. The van der Waals surface area contributed by atoms with E-state index in [0.29, 0.717) is 6.42 Å². The number of carbonyl (C=O) groups excluding carboxylic acids is 1. The number of carboxylic acid groups (broad SMARTS) is 1. The summed E-state index contributed by atoms with van der Waals surface area (Å²) in [5, 5.41) is 8.81. The summed E-state index contributed by atoms with van der Waals surface area (Å²) >= 11 is 0. The van der Waals surface area contributed by atoms with Gasteiger partial charge in [-0.1, -0.05) is 146 Å². The second-order valence-electron chi connectivity index (χ2n) is 12.8. The molecule has 0 aliphatic carbocycles. The molecule has 0 rings (SSSR count). The van der Waals surface area contributed by atoms with Gasteiger partial charge in [-0.3, -0.25) is 9.59 Å². The summed E-state index contributed by atoms with van der Waals surface area (Å²) in [5.41, 5.74) is 0. The third-order valence-electron chi connectivity index (χ3n) is 8.30. The molecule has 0 aromatic heterocycles. The summed E-state index contributed by atoms with van der Waals surface area (Å²) in [5.74, 6) is -0.748. The Bertz CT molecular complexity index is 763. The van der Waals surface area contributed by atoms with Gasteiger partial charge in [0.1, 0.15) is 6.10 Å². The zero-order valence-corrected chi connectivity index (χ0v) is 29.7. The average molecular weight is 629 g/mol. The van der Waals surface area contributed by atoms with Gasteiger partial charge >= 0.3 is 11.9 Å². The molecule has 0 fully saturated rings. The number of allylic oxidation sites excluding steroid dienone is 8. The van der Waals surface area contributed by atoms with Crippen molar-refractivity contribution in [1.82, 2.24) is 0 Å². The van der Waals surface area contributed by atoms with Crippen molar-refractivity contribution in [3.05, 3.63) is 48.6 Å². The lowest BCUT2D eigenvalue weighted by Gasteiger charge is -2.18. The molecule has 0 aromatic rings. The highest BCUT2D eigenvalue weighted by Crippen LogP contribution is 2.18. The first kappa shape index (κ1) is 42.9. The zero-order chi connectivity index (χ0) is 32.9. The van der Waals surface area contributed by atoms with Crippen molar-refractivity contribution in [3.63, 3.8) is 0 Å². The van der Waals surface area contributed by atoms with Gasteiger partial charge in [0.2, 0.25) is 0 Å². The van der Waals surface area contributed by atoms with Crippen molar-refractivity contribution >= 4 is 11.9 Å². The summed E-state index contributed by atoms with van der Waals surface area (Å²) in [4.78, 5) is 23.3. The van der Waals surface area contributed by atoms with Crippen molar-refractivity contribution in [1.29, 1.82) is 0 Å². The van der Waals surface area contributed by atoms with E-state index in [2.05, 4.69) is 62.5 Å². The first-order valence-corrected chi connectivity index (χ1v) is 19.1. The summed E-state index contributed by atoms with van der Waals surface area (Å²) in [6.07, 6.45) is 48.4. The minimum absolute atomic E-state index is 0.0260. The molecule has 0 aliphatic rings. The number of carboxylic acids is 1. The van der Waals surface area contributed by atoms with Gasteiger partial charge in [0.15, 0.2) is 0 Å². The van der Waals surface area contributed by atoms with E-state index >= 15 is 0 Å². The largest absolute Gasteiger partial charge is 0.481 e. The van der Waals surface area contributed by atoms with Crippen molar-refractivity contribution < 1.29 is 19.4 Å². The van der Waals surface area contributed by atoms with Crippen LogP contribution in [0.3, 0.4) is 0 Å². The number of esters is 1. The van der Waals surface area contributed by atoms with E-state index in [-0.39, 0.29) is 18.5 Å². The van der Waals surface area contributed by atoms with Crippen molar-refractivity contribution in [3.8, 4) is 0 Å². The van der Waals surface area contributed by atoms with Gasteiger partial charge in [-0.2, -0.15) is 0 Å². The summed E-state index contributed by atoms with van der Waals surface area (Å²) in [6.45, 7) is 4.49. The zero-order valence-electron chi connectivity index (χ0n) is 29.7. The standard InChI is InChI=1S/C41H72O4/c1-3-5-7-9-11-12-13-14-15-16-17-18-19-20-21-22-23-24-26-28-34-38-41(44)45-39(35-31-27-25-10-8-6-4-2)36-32-29-30-33-37-40(42)43/h11-12,14-15,17-18,20-21,39H,3-10,13,16,19,22-38H2,1-2H3,(H,42,43)/b12-11-,15-14-,18-17-,21-20-. The molecule has 0 heterocycles. The summed E-state index contributed by atoms with van der Waals surface area (Å²) in [7, 11) is 0. The fourth-order valence-electron chi connectivity index (χ4n) is 5.46. The second-order valence-corrected chi connectivity index (χ2v) is 12.8. The third kappa shape index (κ3) is 36.2. The van der Waals surface area contributed by atoms with Gasteiger partial charge in [-0.25, -0.2) is 0 Å². The predicted molar refractivity (Wildman–Crippen MR) is 195 cm³/mol. The normalized spacial score (nSPS) is 12.8. The maximum atomic E-state index is 12.6. The third-order valence-corrected chi connectivity index (χ3v) is 8.30. The van der Waals surface area contributed by atoms with Gasteiger partial charge in [0.25, 0.3) is 0 Å². The Morgan fingerprint density at radius 2 is 0.867 bits per heavy atom. The van der Waals surface area contributed by atoms with Crippen molar-refractivity contribution in [2.45, 2.75) is 200 Å². The van der Waals surface area contributed by atoms with E-state index < -0.39 is 5.97 Å². The summed E-state index contributed by atoms with van der Waals surface area (Å²) < 4.78 is 5.93. The van der Waals surface area contributed by atoms with Crippen LogP contribution in [0.4, 0.5) is 0 Å². The first-order chi connectivity index (χ1) is 22.1. The average Bonchev–Trinajstić information content (AvgIpc) is 3.02. The van der Waals surface area contributed by atoms with Crippen LogP contribution in [0.2, 0.25) is 0 Å². The molecule has 0 radical (unpaired) electrons. The molecule has 0 aliphatic heterocycles. The van der Waals surface area contributed by atoms with Gasteiger partial charge in [0, 0.05) is 12.8 Å². The molecule has 0 aromatic carbocycles. The van der Waals surface area contributed by atoms with Crippen LogP contribution in [0.25, 0.3) is 0 Å². The van der Waals surface area contributed by atoms with Crippen molar-refractivity contribution in [2.24, 2.45) is 0 Å². The fourth-order valence-corrected chi connectivity index (χ4v) is 5.46. The fraction of sp³-hybridized carbons (Fsp3) is 0.756. The smallest absolute Gasteiger partial charge is 0.306 e. The molecule has 4 nitrogen and oxygen atoms in total. The maximum Gasteiger partial charge on any atom is 0.306 e. The number of aliphatic carboxylic acids is 1. The molecule has 0 saturated heterocycles. The molecule has 45 heavy (non-hydrogen) atoms. The number of unbranched alkanes of at least 4 members (excludes halogenated alkanes) is 17. The van der Waals surface area contributed by atoms with Gasteiger partial charge < -0.3 is 9.84 Å². The van der Waals surface area contributed by atoms with Crippen LogP contribution >= 0.6 is 0 Å². The molecule has 0 amide bonds. The Morgan fingerprint density at radius 3 is 1.38 bits per heavy atom. The van der Waals surface area contributed by atoms with E-state index in [4.69, 9.17) is 9.84 Å². The predicted octanol–water partition coefficient (Wildman–Crippen LogP) is 13.2. The molecule has 260 valence electrons. The van der Waals surface area contributed by atoms with Crippen LogP contribution in [0.1, 0.15) is 194 Å². The maximum absolute atomic E-state index is 12.6. The molecule has 4 heteroatoms. The van der Waals surface area contributed by atoms with Gasteiger partial charge in [-0.15, -0.1) is 0 Å². The van der Waals surface area contributed by atoms with E-state index in [9.17, 15) is 9.59 Å². The number of rotatable bonds is 34. The molecular weight excluding hydrogens is 556 g/mol. The lowest BCUT2D eigenvalue weighted by atomic mass is 10.0. The number of hydrogen-bond acceptors (Lipinski definition) is 3. The Balaban J connectivity index is 3.92. The van der Waals surface area contributed by atoms with Crippen LogP contribution in [0.15, 0.2) is 48.6 Å². The highest BCUT2D eigenvalue weighted by Gasteiger charge is 2.14. The van der Waals surface area contributed by atoms with E-state index in [1.54, 1.807) is 0 Å². The van der Waals surface area contributed by atoms with Gasteiger partial charge in [0.05, 0.1) is 0 Å². The Morgan fingerprint density at radius 1 is 0.489 bits per heavy atom. The van der Waals surface area contributed by atoms with Crippen LogP contribution in [0.5, 0.6) is 0 Å². The SMILES string of the molecule is CCCCC/C=C\C/C=C\C/C=C\C/C=C\CCCCCCCC(=O)OC(CCCCCCCCC)CCCCCCC(=O)O. The Hall–Kier alpha value is -2.10. The minimum Gasteiger partial charge on any atom is -0.481 e. The van der Waals surface area contributed by atoms with Gasteiger partial charge in [-0.05, 0) is 83.5 Å². The van der Waals surface area contributed by atoms with Crippen LogP contribution in [-0.2, 0) is 14.3 Å². The van der Waals surface area contributed by atoms with E-state index in [1.165, 1.54) is 83.5 Å². The lowest BCUT2D eigenvalue weighted by molar-refractivity contribution is -0.150. The molecule has 1 N–H and O–H groups in total. The topological polar surface area (TPSA) is 63.6 Å². The molecule has 1 unspecified atom stereocenters. The van der Waals surface area contributed by atoms with E-state index in [0.717, 1.165) is 83.5 Å². The molecule has 0 saturated carbocycles. The number of ether oxygens (including phenoxy) is 1. The lowest BCUT2D eigenvalue weighted by Crippen LogP contribution is -2.18. The Kier molecular flexibility index (Phi) is 34.7. The second kappa shape index (κ2) is 36.4. The van der Waals surface area contributed by atoms with E-state index in [1.807, 2.05) is 0 Å². The summed E-state index contributed by atoms with van der Waals surface area (Å²) in [6, 6.07) is 0. The first-order valence-electron chi connectivity index (χ1n) is 19.1. The quantitative estimate of drug-likeness (QED) is 0.0437. The Labute approximate surface area is 279 Å². The number of hydrogen-bond donors (Lipinski definition) is 1. The molecule has 0 bridgehead atoms. The van der Waals surface area contributed by atoms with Crippen molar-refractivity contribution in [2.75, 3.05) is 0 Å². The molecule has 0 spiro atoms. The monoisotopic (exact) mass is 629 g/mol. The highest BCUT2D eigenvalue weighted by atomic mass is 16.5. The highest BCUT2D eigenvalue weighted by molar-refractivity contribution is 5.69. The van der Waals surface area contributed by atoms with Crippen LogP contribution in [-0.4, -0.2) is 23.1 Å².